The zero-order chi connectivity index (χ0) is 14.8. The number of aromatic carboxylic acids is 1. The second-order valence-electron chi connectivity index (χ2n) is 4.54. The number of nitrogen functional groups attached to an aromatic ring is 1. The number of hydrogen-bond donors (Lipinski definition) is 2. The molecule has 2 heterocycles. The lowest BCUT2D eigenvalue weighted by Gasteiger charge is -2.06. The van der Waals surface area contributed by atoms with Crippen molar-refractivity contribution in [3.8, 4) is 5.75 Å². The van der Waals surface area contributed by atoms with E-state index in [1.54, 1.807) is 6.07 Å². The highest BCUT2D eigenvalue weighted by molar-refractivity contribution is 5.93. The molecule has 0 aliphatic rings. The van der Waals surface area contributed by atoms with Crippen LogP contribution in [0.5, 0.6) is 5.75 Å². The second-order valence-corrected chi connectivity index (χ2v) is 4.54. The molecule has 0 atom stereocenters. The van der Waals surface area contributed by atoms with Crippen LogP contribution in [0.25, 0.3) is 5.65 Å². The van der Waals surface area contributed by atoms with Gasteiger partial charge in [0.15, 0.2) is 0 Å². The Morgan fingerprint density at radius 2 is 2.19 bits per heavy atom. The maximum atomic E-state index is 10.9. The van der Waals surface area contributed by atoms with Gasteiger partial charge >= 0.3 is 5.97 Å². The molecule has 0 bridgehead atoms. The highest BCUT2D eigenvalue weighted by Crippen LogP contribution is 2.21. The molecule has 0 saturated heterocycles. The summed E-state index contributed by atoms with van der Waals surface area (Å²) in [5.41, 5.74) is 7.54. The molecule has 21 heavy (non-hydrogen) atoms. The molecule has 0 aliphatic carbocycles. The van der Waals surface area contributed by atoms with Crippen molar-refractivity contribution in [1.82, 2.24) is 9.38 Å². The van der Waals surface area contributed by atoms with E-state index < -0.39 is 5.97 Å². The van der Waals surface area contributed by atoms with Gasteiger partial charge in [-0.3, -0.25) is 0 Å². The van der Waals surface area contributed by atoms with Crippen molar-refractivity contribution in [2.45, 2.75) is 6.61 Å². The Morgan fingerprint density at radius 3 is 2.90 bits per heavy atom. The lowest BCUT2D eigenvalue weighted by molar-refractivity contribution is 0.0698. The number of benzene rings is 1. The van der Waals surface area contributed by atoms with Gasteiger partial charge in [0.1, 0.15) is 18.0 Å². The maximum absolute atomic E-state index is 10.9. The van der Waals surface area contributed by atoms with Gasteiger partial charge in [-0.2, -0.15) is 0 Å². The van der Waals surface area contributed by atoms with Gasteiger partial charge in [0.05, 0.1) is 11.3 Å². The Balaban J connectivity index is 1.75. The summed E-state index contributed by atoms with van der Waals surface area (Å²) in [5, 5.41) is 8.91. The first kappa shape index (κ1) is 13.0. The van der Waals surface area contributed by atoms with Crippen LogP contribution >= 0.6 is 0 Å². The minimum atomic E-state index is -1.06. The molecule has 0 saturated carbocycles. The average molecular weight is 283 g/mol. The van der Waals surface area contributed by atoms with Crippen LogP contribution in [0.2, 0.25) is 0 Å². The molecular formula is C15H13N3O3. The maximum Gasteiger partial charge on any atom is 0.337 e. The summed E-state index contributed by atoms with van der Waals surface area (Å²) in [4.78, 5) is 15.3. The quantitative estimate of drug-likeness (QED) is 0.716. The molecule has 3 N–H and O–H groups in total. The fourth-order valence-electron chi connectivity index (χ4n) is 2.04. The number of carboxylic acids is 1. The number of carboxylic acid groups (broad SMARTS) is 1. The van der Waals surface area contributed by atoms with Crippen molar-refractivity contribution in [3.63, 3.8) is 0 Å². The van der Waals surface area contributed by atoms with Gasteiger partial charge in [-0.15, -0.1) is 0 Å². The first-order valence-electron chi connectivity index (χ1n) is 6.32. The number of carbonyl (C=O) groups is 1. The molecule has 0 radical (unpaired) electrons. The highest BCUT2D eigenvalue weighted by atomic mass is 16.5. The van der Waals surface area contributed by atoms with E-state index in [2.05, 4.69) is 4.98 Å². The summed E-state index contributed by atoms with van der Waals surface area (Å²) < 4.78 is 7.49. The minimum Gasteiger partial charge on any atom is -0.487 e. The highest BCUT2D eigenvalue weighted by Gasteiger charge is 2.09. The van der Waals surface area contributed by atoms with Crippen molar-refractivity contribution in [2.24, 2.45) is 0 Å². The Labute approximate surface area is 120 Å². The Kier molecular flexibility index (Phi) is 3.19. The molecule has 1 aromatic carbocycles. The lowest BCUT2D eigenvalue weighted by Crippen LogP contribution is -2.03. The third kappa shape index (κ3) is 2.64. The van der Waals surface area contributed by atoms with E-state index in [-0.39, 0.29) is 17.9 Å². The number of rotatable bonds is 4. The van der Waals surface area contributed by atoms with E-state index in [4.69, 9.17) is 15.6 Å². The number of ether oxygens (including phenoxy) is 1. The number of nitrogens with zero attached hydrogens (tertiary/aromatic N) is 2. The molecule has 3 rings (SSSR count). The summed E-state index contributed by atoms with van der Waals surface area (Å²) in [6.07, 6.45) is 3.79. The van der Waals surface area contributed by atoms with Crippen LogP contribution in [0.3, 0.4) is 0 Å². The second kappa shape index (κ2) is 5.16. The van der Waals surface area contributed by atoms with Crippen LogP contribution in [0.1, 0.15) is 16.1 Å². The molecule has 2 aromatic heterocycles. The zero-order valence-electron chi connectivity index (χ0n) is 11.1. The van der Waals surface area contributed by atoms with E-state index in [0.29, 0.717) is 5.75 Å². The van der Waals surface area contributed by atoms with E-state index in [1.165, 1.54) is 12.1 Å². The fourth-order valence-corrected chi connectivity index (χ4v) is 2.04. The SMILES string of the molecule is Nc1cc(OCc2cn3ccccc3n2)ccc1C(=O)O. The van der Waals surface area contributed by atoms with Crippen LogP contribution in [0.15, 0.2) is 48.8 Å². The van der Waals surface area contributed by atoms with Gasteiger partial charge in [0, 0.05) is 24.1 Å². The third-order valence-corrected chi connectivity index (χ3v) is 3.05. The number of hydrogen-bond acceptors (Lipinski definition) is 4. The van der Waals surface area contributed by atoms with Crippen molar-refractivity contribution in [3.05, 3.63) is 60.0 Å². The van der Waals surface area contributed by atoms with Gasteiger partial charge < -0.3 is 20.0 Å². The molecule has 6 nitrogen and oxygen atoms in total. The van der Waals surface area contributed by atoms with Gasteiger partial charge in [0.25, 0.3) is 0 Å². The monoisotopic (exact) mass is 283 g/mol. The van der Waals surface area contributed by atoms with E-state index >= 15 is 0 Å². The number of nitrogens with two attached hydrogens (primary N) is 1. The number of imidazole rings is 1. The van der Waals surface area contributed by atoms with Crippen molar-refractivity contribution < 1.29 is 14.6 Å². The summed E-state index contributed by atoms with van der Waals surface area (Å²) in [6, 6.07) is 10.2. The van der Waals surface area contributed by atoms with Crippen molar-refractivity contribution in [2.75, 3.05) is 5.73 Å². The third-order valence-electron chi connectivity index (χ3n) is 3.05. The molecule has 0 fully saturated rings. The predicted octanol–water partition coefficient (Wildman–Crippen LogP) is 2.19. The molecule has 0 aliphatic heterocycles. The van der Waals surface area contributed by atoms with Crippen molar-refractivity contribution >= 4 is 17.3 Å². The lowest BCUT2D eigenvalue weighted by atomic mass is 10.2. The standard InChI is InChI=1S/C15H13N3O3/c16-13-7-11(4-5-12(13)15(19)20)21-9-10-8-18-6-2-1-3-14(18)17-10/h1-8H,9,16H2,(H,19,20). The largest absolute Gasteiger partial charge is 0.487 e. The molecular weight excluding hydrogens is 270 g/mol. The topological polar surface area (TPSA) is 89.9 Å². The molecule has 0 spiro atoms. The first-order chi connectivity index (χ1) is 10.1. The molecule has 0 amide bonds. The normalized spacial score (nSPS) is 10.7. The van der Waals surface area contributed by atoms with Gasteiger partial charge in [0.2, 0.25) is 0 Å². The molecule has 0 unspecified atom stereocenters. The van der Waals surface area contributed by atoms with E-state index in [1.807, 2.05) is 35.0 Å². The number of fused-ring (bicyclic) bond motifs is 1. The number of aromatic nitrogens is 2. The van der Waals surface area contributed by atoms with Crippen molar-refractivity contribution in [1.29, 1.82) is 0 Å². The van der Waals surface area contributed by atoms with Gasteiger partial charge in [-0.1, -0.05) is 6.07 Å². The Morgan fingerprint density at radius 1 is 1.33 bits per heavy atom. The minimum absolute atomic E-state index is 0.0649. The molecule has 3 aromatic rings. The first-order valence-corrected chi connectivity index (χ1v) is 6.32. The van der Waals surface area contributed by atoms with E-state index in [9.17, 15) is 4.79 Å². The van der Waals surface area contributed by atoms with Crippen LogP contribution in [0, 0.1) is 0 Å². The predicted molar refractivity (Wildman–Crippen MR) is 77.3 cm³/mol. The smallest absolute Gasteiger partial charge is 0.337 e. The summed E-state index contributed by atoms with van der Waals surface area (Å²) in [5.74, 6) is -0.547. The fraction of sp³-hybridized carbons (Fsp3) is 0.0667. The van der Waals surface area contributed by atoms with Crippen LogP contribution in [-0.4, -0.2) is 20.5 Å². The Bertz CT molecular complexity index is 778. The van der Waals surface area contributed by atoms with Gasteiger partial charge in [-0.05, 0) is 24.3 Å². The van der Waals surface area contributed by atoms with Gasteiger partial charge in [-0.25, -0.2) is 9.78 Å². The summed E-state index contributed by atoms with van der Waals surface area (Å²) in [6.45, 7) is 0.285. The van der Waals surface area contributed by atoms with E-state index in [0.717, 1.165) is 11.3 Å². The summed E-state index contributed by atoms with van der Waals surface area (Å²) in [7, 11) is 0. The zero-order valence-corrected chi connectivity index (χ0v) is 11.1. The van der Waals surface area contributed by atoms with Crippen LogP contribution in [0.4, 0.5) is 5.69 Å². The molecule has 106 valence electrons. The molecule has 6 heteroatoms. The Hall–Kier alpha value is -3.02. The number of anilines is 1. The van der Waals surface area contributed by atoms with Crippen LogP contribution < -0.4 is 10.5 Å². The van der Waals surface area contributed by atoms with Crippen LogP contribution in [-0.2, 0) is 6.61 Å². The number of pyridine rings is 1. The summed E-state index contributed by atoms with van der Waals surface area (Å²) >= 11 is 0. The average Bonchev–Trinajstić information content (AvgIpc) is 2.87.